The lowest BCUT2D eigenvalue weighted by Gasteiger charge is -1.95. The fourth-order valence-electron chi connectivity index (χ4n) is 1.29. The number of nitrogens with one attached hydrogen (secondary N) is 1. The molecule has 0 aliphatic heterocycles. The smallest absolute Gasteiger partial charge is 0.0859 e. The van der Waals surface area contributed by atoms with Gasteiger partial charge >= 0.3 is 0 Å². The number of hydrogen-bond donors (Lipinski definition) is 1. The molecule has 3 nitrogen and oxygen atoms in total. The van der Waals surface area contributed by atoms with Crippen LogP contribution in [0.4, 0.5) is 0 Å². The Hall–Kier alpha value is -1.26. The normalized spacial score (nSPS) is 10.5. The first-order valence-electron chi connectivity index (χ1n) is 4.97. The molecule has 0 saturated heterocycles. The molecule has 0 radical (unpaired) electrons. The quantitative estimate of drug-likeness (QED) is 0.857. The maximum atomic E-state index is 4.40. The average molecular weight is 219 g/mol. The Kier molecular flexibility index (Phi) is 3.42. The number of hydrogen-bond acceptors (Lipinski definition) is 4. The first-order valence-corrected chi connectivity index (χ1v) is 5.74. The van der Waals surface area contributed by atoms with Crippen LogP contribution in [0.25, 0.3) is 11.3 Å². The molecule has 0 atom stereocenters. The van der Waals surface area contributed by atoms with Crippen LogP contribution >= 0.6 is 11.5 Å². The van der Waals surface area contributed by atoms with Crippen molar-refractivity contribution in [1.29, 1.82) is 0 Å². The molecule has 0 spiro atoms. The van der Waals surface area contributed by atoms with Crippen molar-refractivity contribution in [2.75, 3.05) is 6.54 Å². The number of nitrogens with zero attached hydrogens (tertiary/aromatic N) is 2. The van der Waals surface area contributed by atoms with E-state index in [0.29, 0.717) is 0 Å². The molecule has 0 amide bonds. The largest absolute Gasteiger partial charge is 0.312 e. The molecule has 0 aliphatic carbocycles. The zero-order valence-corrected chi connectivity index (χ0v) is 9.42. The van der Waals surface area contributed by atoms with Crippen molar-refractivity contribution in [1.82, 2.24) is 14.7 Å². The van der Waals surface area contributed by atoms with Crippen LogP contribution in [0.2, 0.25) is 0 Å². The zero-order valence-electron chi connectivity index (χ0n) is 8.60. The van der Waals surface area contributed by atoms with Gasteiger partial charge in [-0.05, 0) is 36.3 Å². The van der Waals surface area contributed by atoms with Gasteiger partial charge in [0.1, 0.15) is 0 Å². The maximum absolute atomic E-state index is 4.40. The van der Waals surface area contributed by atoms with E-state index in [1.54, 1.807) is 17.7 Å². The second-order valence-corrected chi connectivity index (χ2v) is 4.09. The van der Waals surface area contributed by atoms with Crippen LogP contribution in [-0.4, -0.2) is 15.9 Å². The Morgan fingerprint density at radius 2 is 2.40 bits per heavy atom. The highest BCUT2D eigenvalue weighted by Crippen LogP contribution is 2.20. The Morgan fingerprint density at radius 1 is 1.47 bits per heavy atom. The van der Waals surface area contributed by atoms with Gasteiger partial charge in [0.25, 0.3) is 0 Å². The summed E-state index contributed by atoms with van der Waals surface area (Å²) in [5.74, 6) is 0. The molecule has 1 N–H and O–H groups in total. The van der Waals surface area contributed by atoms with E-state index in [9.17, 15) is 0 Å². The number of pyridine rings is 1. The van der Waals surface area contributed by atoms with Gasteiger partial charge in [-0.15, -0.1) is 0 Å². The molecule has 0 aromatic carbocycles. The molecule has 2 aromatic rings. The lowest BCUT2D eigenvalue weighted by atomic mass is 10.2. The highest BCUT2D eigenvalue weighted by molar-refractivity contribution is 7.06. The highest BCUT2D eigenvalue weighted by Gasteiger charge is 2.03. The summed E-state index contributed by atoms with van der Waals surface area (Å²) in [6, 6.07) is 6.07. The molecule has 0 fully saturated rings. The zero-order chi connectivity index (χ0) is 10.5. The Morgan fingerprint density at radius 3 is 3.13 bits per heavy atom. The van der Waals surface area contributed by atoms with Gasteiger partial charge in [-0.2, -0.15) is 4.37 Å². The van der Waals surface area contributed by atoms with E-state index in [4.69, 9.17) is 0 Å². The van der Waals surface area contributed by atoms with Gasteiger partial charge in [0.05, 0.1) is 5.69 Å². The van der Waals surface area contributed by atoms with E-state index in [2.05, 4.69) is 27.7 Å². The maximum Gasteiger partial charge on any atom is 0.0859 e. The van der Waals surface area contributed by atoms with Gasteiger partial charge in [-0.3, -0.25) is 4.98 Å². The SMILES string of the molecule is CCNCc1cc(-c2cccnc2)ns1. The summed E-state index contributed by atoms with van der Waals surface area (Å²) >= 11 is 1.54. The highest BCUT2D eigenvalue weighted by atomic mass is 32.1. The van der Waals surface area contributed by atoms with E-state index in [-0.39, 0.29) is 0 Å². The Bertz CT molecular complexity index is 411. The monoisotopic (exact) mass is 219 g/mol. The van der Waals surface area contributed by atoms with Crippen LogP contribution in [0.1, 0.15) is 11.8 Å². The minimum atomic E-state index is 0.897. The summed E-state index contributed by atoms with van der Waals surface area (Å²) in [7, 11) is 0. The molecule has 78 valence electrons. The van der Waals surface area contributed by atoms with Crippen molar-refractivity contribution in [3.05, 3.63) is 35.5 Å². The lowest BCUT2D eigenvalue weighted by molar-refractivity contribution is 0.735. The molecular weight excluding hydrogens is 206 g/mol. The number of rotatable bonds is 4. The lowest BCUT2D eigenvalue weighted by Crippen LogP contribution is -2.10. The first-order chi connectivity index (χ1) is 7.40. The third-order valence-electron chi connectivity index (χ3n) is 2.07. The average Bonchev–Trinajstić information content (AvgIpc) is 2.76. The second-order valence-electron chi connectivity index (χ2n) is 3.20. The molecule has 2 aromatic heterocycles. The standard InChI is InChI=1S/C11H13N3S/c1-2-12-8-10-6-11(14-15-10)9-4-3-5-13-7-9/h3-7,12H,2,8H2,1H3. The van der Waals surface area contributed by atoms with Gasteiger partial charge in [0, 0.05) is 29.4 Å². The van der Waals surface area contributed by atoms with Crippen molar-refractivity contribution in [2.24, 2.45) is 0 Å². The molecule has 2 rings (SSSR count). The van der Waals surface area contributed by atoms with Crippen molar-refractivity contribution in [2.45, 2.75) is 13.5 Å². The van der Waals surface area contributed by atoms with Gasteiger partial charge < -0.3 is 5.32 Å². The molecular formula is C11H13N3S. The van der Waals surface area contributed by atoms with Crippen molar-refractivity contribution in [3.63, 3.8) is 0 Å². The minimum Gasteiger partial charge on any atom is -0.312 e. The van der Waals surface area contributed by atoms with Crippen LogP contribution in [-0.2, 0) is 6.54 Å². The molecule has 0 unspecified atom stereocenters. The fourth-order valence-corrected chi connectivity index (χ4v) is 2.00. The summed E-state index contributed by atoms with van der Waals surface area (Å²) in [6.07, 6.45) is 3.61. The minimum absolute atomic E-state index is 0.897. The third kappa shape index (κ3) is 2.61. The topological polar surface area (TPSA) is 37.8 Å². The summed E-state index contributed by atoms with van der Waals surface area (Å²) in [6.45, 7) is 3.98. The summed E-state index contributed by atoms with van der Waals surface area (Å²) in [5.41, 5.74) is 2.09. The first kappa shape index (κ1) is 10.3. The van der Waals surface area contributed by atoms with Crippen LogP contribution < -0.4 is 5.32 Å². The van der Waals surface area contributed by atoms with Gasteiger partial charge in [-0.1, -0.05) is 6.92 Å². The fraction of sp³-hybridized carbons (Fsp3) is 0.273. The molecule has 2 heterocycles. The van der Waals surface area contributed by atoms with Crippen LogP contribution in [0.15, 0.2) is 30.6 Å². The molecule has 0 bridgehead atoms. The molecule has 0 saturated carbocycles. The summed E-state index contributed by atoms with van der Waals surface area (Å²) in [4.78, 5) is 5.34. The van der Waals surface area contributed by atoms with Gasteiger partial charge in [0.15, 0.2) is 0 Å². The van der Waals surface area contributed by atoms with Crippen molar-refractivity contribution >= 4 is 11.5 Å². The second kappa shape index (κ2) is 5.00. The van der Waals surface area contributed by atoms with E-state index < -0.39 is 0 Å². The van der Waals surface area contributed by atoms with E-state index in [1.165, 1.54) is 4.88 Å². The van der Waals surface area contributed by atoms with Crippen molar-refractivity contribution < 1.29 is 0 Å². The predicted molar refractivity (Wildman–Crippen MR) is 62.7 cm³/mol. The van der Waals surface area contributed by atoms with E-state index in [1.807, 2.05) is 18.3 Å². The Labute approximate surface area is 93.4 Å². The van der Waals surface area contributed by atoms with Crippen molar-refractivity contribution in [3.8, 4) is 11.3 Å². The number of aromatic nitrogens is 2. The van der Waals surface area contributed by atoms with Crippen LogP contribution in [0, 0.1) is 0 Å². The third-order valence-corrected chi connectivity index (χ3v) is 2.85. The van der Waals surface area contributed by atoms with Gasteiger partial charge in [0.2, 0.25) is 0 Å². The summed E-state index contributed by atoms with van der Waals surface area (Å²) in [5, 5.41) is 3.28. The van der Waals surface area contributed by atoms with Crippen LogP contribution in [0.5, 0.6) is 0 Å². The summed E-state index contributed by atoms with van der Waals surface area (Å²) < 4.78 is 4.40. The van der Waals surface area contributed by atoms with Crippen LogP contribution in [0.3, 0.4) is 0 Å². The molecule has 4 heteroatoms. The van der Waals surface area contributed by atoms with E-state index in [0.717, 1.165) is 24.3 Å². The molecule has 0 aliphatic rings. The predicted octanol–water partition coefficient (Wildman–Crippen LogP) is 2.31. The Balaban J connectivity index is 2.14. The van der Waals surface area contributed by atoms with E-state index >= 15 is 0 Å². The van der Waals surface area contributed by atoms with Gasteiger partial charge in [-0.25, -0.2) is 0 Å². The molecule has 15 heavy (non-hydrogen) atoms.